The molecular weight excluding hydrogens is 298 g/mol. The van der Waals surface area contributed by atoms with Gasteiger partial charge in [0.25, 0.3) is 0 Å². The minimum Gasteiger partial charge on any atom is -0.477 e. The minimum absolute atomic E-state index is 0.0893. The normalized spacial score (nSPS) is 14.6. The Morgan fingerprint density at radius 1 is 1.40 bits per heavy atom. The Labute approximate surface area is 124 Å². The largest absolute Gasteiger partial charge is 0.477 e. The van der Waals surface area contributed by atoms with Crippen molar-refractivity contribution >= 4 is 27.3 Å². The van der Waals surface area contributed by atoms with Crippen LogP contribution < -0.4 is 0 Å². The summed E-state index contributed by atoms with van der Waals surface area (Å²) in [6.07, 6.45) is 0. The molecule has 1 N–H and O–H groups in total. The Kier molecular flexibility index (Phi) is 4.68. The Hall–Kier alpha value is -0.920. The molecular formula is C13H21NO4S2. The summed E-state index contributed by atoms with van der Waals surface area (Å²) in [6.45, 7) is 9.28. The van der Waals surface area contributed by atoms with Crippen molar-refractivity contribution in [1.82, 2.24) is 4.31 Å². The third-order valence-electron chi connectivity index (χ3n) is 3.55. The molecule has 7 heteroatoms. The number of sulfonamides is 1. The van der Waals surface area contributed by atoms with Gasteiger partial charge in [0.2, 0.25) is 10.0 Å². The monoisotopic (exact) mass is 319 g/mol. The highest BCUT2D eigenvalue weighted by Crippen LogP contribution is 2.33. The molecule has 0 fully saturated rings. The maximum Gasteiger partial charge on any atom is 0.347 e. The second-order valence-electron chi connectivity index (χ2n) is 5.95. The highest BCUT2D eigenvalue weighted by Gasteiger charge is 2.36. The van der Waals surface area contributed by atoms with E-state index in [0.717, 1.165) is 11.3 Å². The summed E-state index contributed by atoms with van der Waals surface area (Å²) in [5, 5.41) is 10.7. The van der Waals surface area contributed by atoms with Crippen LogP contribution in [0.5, 0.6) is 0 Å². The van der Waals surface area contributed by atoms with Crippen molar-refractivity contribution in [3.63, 3.8) is 0 Å². The van der Waals surface area contributed by atoms with E-state index in [4.69, 9.17) is 5.11 Å². The number of hydrogen-bond donors (Lipinski definition) is 1. The van der Waals surface area contributed by atoms with Gasteiger partial charge in [0, 0.05) is 13.1 Å². The van der Waals surface area contributed by atoms with E-state index in [1.54, 1.807) is 12.3 Å². The zero-order chi connectivity index (χ0) is 15.9. The minimum atomic E-state index is -3.82. The number of carboxylic acids is 1. The highest BCUT2D eigenvalue weighted by molar-refractivity contribution is 7.89. The van der Waals surface area contributed by atoms with Crippen molar-refractivity contribution < 1.29 is 18.3 Å². The predicted octanol–water partition coefficient (Wildman–Crippen LogP) is 2.81. The molecule has 1 atom stereocenters. The van der Waals surface area contributed by atoms with Gasteiger partial charge in [0.15, 0.2) is 0 Å². The summed E-state index contributed by atoms with van der Waals surface area (Å²) < 4.78 is 26.7. The average molecular weight is 319 g/mol. The van der Waals surface area contributed by atoms with Gasteiger partial charge in [0.05, 0.1) is 0 Å². The summed E-state index contributed by atoms with van der Waals surface area (Å²) in [5.74, 6) is -1.21. The van der Waals surface area contributed by atoms with Gasteiger partial charge in [-0.25, -0.2) is 13.2 Å². The molecule has 1 aromatic heterocycles. The zero-order valence-electron chi connectivity index (χ0n) is 12.6. The number of rotatable bonds is 4. The van der Waals surface area contributed by atoms with Crippen LogP contribution in [0.2, 0.25) is 0 Å². The van der Waals surface area contributed by atoms with Gasteiger partial charge in [-0.2, -0.15) is 4.31 Å². The standard InChI is InChI=1S/C13H21NO4S2/c1-8-7-19-10(12(15)16)11(8)20(17,18)14(6)9(2)13(3,4)5/h7,9H,1-6H3,(H,15,16). The fourth-order valence-electron chi connectivity index (χ4n) is 1.80. The summed E-state index contributed by atoms with van der Waals surface area (Å²) in [5.41, 5.74) is 0.232. The highest BCUT2D eigenvalue weighted by atomic mass is 32.2. The van der Waals surface area contributed by atoms with Gasteiger partial charge in [0.1, 0.15) is 9.77 Å². The van der Waals surface area contributed by atoms with Crippen molar-refractivity contribution in [2.45, 2.75) is 45.6 Å². The molecule has 0 aromatic carbocycles. The Morgan fingerprint density at radius 3 is 2.30 bits per heavy atom. The molecule has 0 aliphatic carbocycles. The van der Waals surface area contributed by atoms with Crippen LogP contribution >= 0.6 is 11.3 Å². The summed E-state index contributed by atoms with van der Waals surface area (Å²) in [7, 11) is -2.33. The first-order valence-corrected chi connectivity index (χ1v) is 8.52. The van der Waals surface area contributed by atoms with Gasteiger partial charge in [-0.3, -0.25) is 0 Å². The lowest BCUT2D eigenvalue weighted by Crippen LogP contribution is -2.43. The van der Waals surface area contributed by atoms with Crippen molar-refractivity contribution in [1.29, 1.82) is 0 Å². The van der Waals surface area contributed by atoms with Gasteiger partial charge in [-0.15, -0.1) is 11.3 Å². The van der Waals surface area contributed by atoms with Crippen LogP contribution in [-0.2, 0) is 10.0 Å². The molecule has 5 nitrogen and oxygen atoms in total. The van der Waals surface area contributed by atoms with E-state index in [9.17, 15) is 13.2 Å². The third kappa shape index (κ3) is 3.05. The first-order chi connectivity index (χ1) is 8.90. The molecule has 1 aromatic rings. The topological polar surface area (TPSA) is 74.7 Å². The van der Waals surface area contributed by atoms with Crippen molar-refractivity contribution in [2.75, 3.05) is 7.05 Å². The van der Waals surface area contributed by atoms with E-state index < -0.39 is 16.0 Å². The molecule has 1 unspecified atom stereocenters. The van der Waals surface area contributed by atoms with Crippen LogP contribution in [0.3, 0.4) is 0 Å². The molecule has 20 heavy (non-hydrogen) atoms. The SMILES string of the molecule is Cc1csc(C(=O)O)c1S(=O)(=O)N(C)C(C)C(C)(C)C. The lowest BCUT2D eigenvalue weighted by Gasteiger charge is -2.34. The average Bonchev–Trinajstić information content (AvgIpc) is 2.68. The fraction of sp³-hybridized carbons (Fsp3) is 0.615. The molecule has 0 radical (unpaired) electrons. The Balaban J connectivity index is 3.38. The van der Waals surface area contributed by atoms with Crippen molar-refractivity contribution in [3.05, 3.63) is 15.8 Å². The van der Waals surface area contributed by atoms with Crippen LogP contribution in [0.15, 0.2) is 10.3 Å². The summed E-state index contributed by atoms with van der Waals surface area (Å²) >= 11 is 0.942. The van der Waals surface area contributed by atoms with Crippen molar-refractivity contribution in [3.8, 4) is 0 Å². The maximum atomic E-state index is 12.7. The first kappa shape index (κ1) is 17.1. The van der Waals surface area contributed by atoms with Gasteiger partial charge >= 0.3 is 5.97 Å². The van der Waals surface area contributed by atoms with Crippen molar-refractivity contribution in [2.24, 2.45) is 5.41 Å². The molecule has 0 aliphatic heterocycles. The molecule has 0 spiro atoms. The Bertz CT molecular complexity index is 611. The number of aromatic carboxylic acids is 1. The smallest absolute Gasteiger partial charge is 0.347 e. The fourth-order valence-corrected chi connectivity index (χ4v) is 4.92. The number of carbonyl (C=O) groups is 1. The molecule has 0 aliphatic rings. The van der Waals surface area contributed by atoms with Crippen LogP contribution in [0, 0.1) is 12.3 Å². The lowest BCUT2D eigenvalue weighted by molar-refractivity contribution is 0.0698. The lowest BCUT2D eigenvalue weighted by atomic mass is 9.88. The zero-order valence-corrected chi connectivity index (χ0v) is 14.2. The number of nitrogens with zero attached hydrogens (tertiary/aromatic N) is 1. The van der Waals surface area contributed by atoms with E-state index in [2.05, 4.69) is 0 Å². The van der Waals surface area contributed by atoms with E-state index >= 15 is 0 Å². The van der Waals surface area contributed by atoms with E-state index in [0.29, 0.717) is 5.56 Å². The summed E-state index contributed by atoms with van der Waals surface area (Å²) in [6, 6.07) is -0.256. The molecule has 1 rings (SSSR count). The van der Waals surface area contributed by atoms with Gasteiger partial charge in [-0.05, 0) is 30.2 Å². The van der Waals surface area contributed by atoms with Gasteiger partial charge < -0.3 is 5.11 Å². The molecule has 0 saturated heterocycles. The quantitative estimate of drug-likeness (QED) is 0.926. The molecule has 0 saturated carbocycles. The van der Waals surface area contributed by atoms with Crippen LogP contribution in [0.1, 0.15) is 42.9 Å². The second kappa shape index (κ2) is 5.46. The number of aryl methyl sites for hydroxylation is 1. The van der Waals surface area contributed by atoms with Crippen LogP contribution in [0.25, 0.3) is 0 Å². The predicted molar refractivity (Wildman–Crippen MR) is 79.9 cm³/mol. The number of carboxylic acid groups (broad SMARTS) is 1. The van der Waals surface area contributed by atoms with E-state index in [-0.39, 0.29) is 21.2 Å². The second-order valence-corrected chi connectivity index (χ2v) is 8.76. The van der Waals surface area contributed by atoms with Crippen LogP contribution in [0.4, 0.5) is 0 Å². The molecule has 0 amide bonds. The maximum absolute atomic E-state index is 12.7. The van der Waals surface area contributed by atoms with E-state index in [1.807, 2.05) is 27.7 Å². The Morgan fingerprint density at radius 2 is 1.90 bits per heavy atom. The van der Waals surface area contributed by atoms with Gasteiger partial charge in [-0.1, -0.05) is 20.8 Å². The summed E-state index contributed by atoms with van der Waals surface area (Å²) in [4.78, 5) is 11.0. The van der Waals surface area contributed by atoms with Crippen LogP contribution in [-0.4, -0.2) is 36.9 Å². The molecule has 114 valence electrons. The third-order valence-corrected chi connectivity index (χ3v) is 6.88. The molecule has 1 heterocycles. The number of hydrogen-bond acceptors (Lipinski definition) is 4. The number of thiophene rings is 1. The molecule has 0 bridgehead atoms. The van der Waals surface area contributed by atoms with E-state index in [1.165, 1.54) is 11.4 Å². The first-order valence-electron chi connectivity index (χ1n) is 6.20.